The first-order chi connectivity index (χ1) is 21.5. The normalized spacial score (nSPS) is 11.4. The first-order valence-electron chi connectivity index (χ1n) is 13.4. The maximum Gasteiger partial charge on any atom is 0.416 e. The van der Waals surface area contributed by atoms with Crippen molar-refractivity contribution in [2.75, 3.05) is 11.9 Å². The highest BCUT2D eigenvalue weighted by molar-refractivity contribution is 6.30. The molecule has 0 saturated heterocycles. The van der Waals surface area contributed by atoms with Crippen molar-refractivity contribution in [1.29, 1.82) is 0 Å². The van der Waals surface area contributed by atoms with E-state index in [4.69, 9.17) is 21.1 Å². The fourth-order valence-electron chi connectivity index (χ4n) is 3.85. The van der Waals surface area contributed by atoms with E-state index in [-0.39, 0.29) is 28.3 Å². The van der Waals surface area contributed by atoms with Crippen LogP contribution in [0.4, 0.5) is 18.9 Å². The molecule has 8 nitrogen and oxygen atoms in total. The van der Waals surface area contributed by atoms with E-state index in [9.17, 15) is 27.6 Å². The Bertz CT molecular complexity index is 1760. The second kappa shape index (κ2) is 14.8. The van der Waals surface area contributed by atoms with E-state index in [1.165, 1.54) is 48.7 Å². The Morgan fingerprint density at radius 3 is 2.24 bits per heavy atom. The van der Waals surface area contributed by atoms with Crippen molar-refractivity contribution in [1.82, 2.24) is 5.43 Å². The van der Waals surface area contributed by atoms with Crippen molar-refractivity contribution in [2.45, 2.75) is 13.1 Å². The zero-order valence-electron chi connectivity index (χ0n) is 23.6. The first-order valence-corrected chi connectivity index (χ1v) is 13.7. The standard InChI is InChI=1S/C33H25ClF3N3O5/c1-2-44-29-17-22(11-15-28(29)45-30(41)16-12-21-9-13-26(34)14-10-21)20-38-40-32(43)24-6-4-8-27(19-24)39-31(42)23-5-3-7-25(18-23)33(35,36)37/h3-20H,2H2,1H3,(H,39,42)(H,40,43)/b16-12+,38-20?. The van der Waals surface area contributed by atoms with E-state index in [1.54, 1.807) is 49.4 Å². The first kappa shape index (κ1) is 32.5. The molecule has 45 heavy (non-hydrogen) atoms. The molecule has 0 saturated carbocycles. The number of nitrogens with one attached hydrogen (secondary N) is 2. The fourth-order valence-corrected chi connectivity index (χ4v) is 3.97. The summed E-state index contributed by atoms with van der Waals surface area (Å²) >= 11 is 5.87. The maximum atomic E-state index is 13.0. The zero-order chi connectivity index (χ0) is 32.4. The lowest BCUT2D eigenvalue weighted by atomic mass is 10.1. The third-order valence-electron chi connectivity index (χ3n) is 5.97. The molecule has 0 unspecified atom stereocenters. The van der Waals surface area contributed by atoms with Gasteiger partial charge in [0.15, 0.2) is 11.5 Å². The number of esters is 1. The molecule has 0 aromatic heterocycles. The highest BCUT2D eigenvalue weighted by Crippen LogP contribution is 2.30. The number of anilines is 1. The lowest BCUT2D eigenvalue weighted by Gasteiger charge is -2.10. The van der Waals surface area contributed by atoms with Gasteiger partial charge in [-0.1, -0.05) is 35.9 Å². The molecule has 2 amide bonds. The molecule has 4 aromatic rings. The number of halogens is 4. The highest BCUT2D eigenvalue weighted by Gasteiger charge is 2.30. The Kier molecular flexibility index (Phi) is 10.7. The summed E-state index contributed by atoms with van der Waals surface area (Å²) in [6, 6.07) is 21.4. The number of benzene rings is 4. The molecule has 0 radical (unpaired) electrons. The van der Waals surface area contributed by atoms with Gasteiger partial charge in [0.2, 0.25) is 0 Å². The predicted molar refractivity (Wildman–Crippen MR) is 165 cm³/mol. The summed E-state index contributed by atoms with van der Waals surface area (Å²) in [5, 5.41) is 7.01. The predicted octanol–water partition coefficient (Wildman–Crippen LogP) is 7.39. The van der Waals surface area contributed by atoms with Gasteiger partial charge in [-0.25, -0.2) is 10.2 Å². The van der Waals surface area contributed by atoms with E-state index in [0.29, 0.717) is 17.2 Å². The topological polar surface area (TPSA) is 106 Å². The molecular weight excluding hydrogens is 611 g/mol. The van der Waals surface area contributed by atoms with Gasteiger partial charge in [-0.2, -0.15) is 18.3 Å². The number of amides is 2. The van der Waals surface area contributed by atoms with Gasteiger partial charge in [0.25, 0.3) is 11.8 Å². The van der Waals surface area contributed by atoms with E-state index in [1.807, 2.05) is 0 Å². The van der Waals surface area contributed by atoms with Gasteiger partial charge in [0.05, 0.1) is 18.4 Å². The number of ether oxygens (including phenoxy) is 2. The van der Waals surface area contributed by atoms with Crippen molar-refractivity contribution in [2.24, 2.45) is 5.10 Å². The Labute approximate surface area is 261 Å². The van der Waals surface area contributed by atoms with Crippen LogP contribution in [0, 0.1) is 0 Å². The third kappa shape index (κ3) is 9.54. The smallest absolute Gasteiger partial charge is 0.416 e. The van der Waals surface area contributed by atoms with Crippen LogP contribution >= 0.6 is 11.6 Å². The number of hydrogen-bond acceptors (Lipinski definition) is 6. The van der Waals surface area contributed by atoms with Crippen LogP contribution in [0.25, 0.3) is 6.08 Å². The molecule has 2 N–H and O–H groups in total. The zero-order valence-corrected chi connectivity index (χ0v) is 24.4. The molecule has 4 rings (SSSR count). The molecule has 0 spiro atoms. The molecule has 0 fully saturated rings. The number of rotatable bonds is 10. The molecule has 0 atom stereocenters. The monoisotopic (exact) mass is 635 g/mol. The van der Waals surface area contributed by atoms with Crippen LogP contribution in [0.2, 0.25) is 5.02 Å². The van der Waals surface area contributed by atoms with E-state index in [2.05, 4.69) is 15.8 Å². The molecular formula is C33H25ClF3N3O5. The van der Waals surface area contributed by atoms with Gasteiger partial charge in [-0.3, -0.25) is 9.59 Å². The molecule has 4 aromatic carbocycles. The number of carbonyl (C=O) groups is 3. The quantitative estimate of drug-likeness (QED) is 0.0621. The van der Waals surface area contributed by atoms with Crippen LogP contribution in [-0.2, 0) is 11.0 Å². The van der Waals surface area contributed by atoms with Crippen LogP contribution in [-0.4, -0.2) is 30.6 Å². The van der Waals surface area contributed by atoms with E-state index >= 15 is 0 Å². The second-order valence-corrected chi connectivity index (χ2v) is 9.69. The summed E-state index contributed by atoms with van der Waals surface area (Å²) < 4.78 is 50.0. The van der Waals surface area contributed by atoms with Crippen LogP contribution in [0.1, 0.15) is 44.3 Å². The minimum Gasteiger partial charge on any atom is -0.490 e. The number of carbonyl (C=O) groups excluding carboxylic acids is 3. The molecule has 0 aliphatic carbocycles. The van der Waals surface area contributed by atoms with E-state index in [0.717, 1.165) is 23.8 Å². The van der Waals surface area contributed by atoms with Gasteiger partial charge in [-0.15, -0.1) is 0 Å². The lowest BCUT2D eigenvalue weighted by molar-refractivity contribution is -0.137. The Morgan fingerprint density at radius 2 is 1.53 bits per heavy atom. The molecule has 0 heterocycles. The minimum absolute atomic E-state index is 0.137. The Balaban J connectivity index is 1.37. The van der Waals surface area contributed by atoms with Gasteiger partial charge >= 0.3 is 12.1 Å². The number of alkyl halides is 3. The Morgan fingerprint density at radius 1 is 0.844 bits per heavy atom. The average molecular weight is 636 g/mol. The lowest BCUT2D eigenvalue weighted by Crippen LogP contribution is -2.18. The number of nitrogens with zero attached hydrogens (tertiary/aromatic N) is 1. The molecule has 0 bridgehead atoms. The molecule has 230 valence electrons. The van der Waals surface area contributed by atoms with Gasteiger partial charge in [-0.05, 0) is 90.9 Å². The summed E-state index contributed by atoms with van der Waals surface area (Å²) in [4.78, 5) is 37.5. The molecule has 0 aliphatic heterocycles. The molecule has 12 heteroatoms. The summed E-state index contributed by atoms with van der Waals surface area (Å²) in [5.74, 6) is -1.52. The summed E-state index contributed by atoms with van der Waals surface area (Å²) in [5.41, 5.74) is 2.85. The van der Waals surface area contributed by atoms with Crippen LogP contribution in [0.15, 0.2) is 102 Å². The van der Waals surface area contributed by atoms with Gasteiger partial charge in [0.1, 0.15) is 0 Å². The number of hydrogen-bond donors (Lipinski definition) is 2. The summed E-state index contributed by atoms with van der Waals surface area (Å²) in [6.45, 7) is 2.06. The maximum absolute atomic E-state index is 13.0. The largest absolute Gasteiger partial charge is 0.490 e. The third-order valence-corrected chi connectivity index (χ3v) is 6.23. The summed E-state index contributed by atoms with van der Waals surface area (Å²) in [6.07, 6.45) is -0.380. The van der Waals surface area contributed by atoms with Gasteiger partial charge in [0, 0.05) is 27.9 Å². The summed E-state index contributed by atoms with van der Waals surface area (Å²) in [7, 11) is 0. The van der Waals surface area contributed by atoms with Crippen molar-refractivity contribution in [3.8, 4) is 11.5 Å². The van der Waals surface area contributed by atoms with Crippen molar-refractivity contribution < 1.29 is 37.0 Å². The average Bonchev–Trinajstić information content (AvgIpc) is 3.02. The van der Waals surface area contributed by atoms with Gasteiger partial charge < -0.3 is 14.8 Å². The van der Waals surface area contributed by atoms with Crippen molar-refractivity contribution >= 4 is 47.4 Å². The van der Waals surface area contributed by atoms with Crippen molar-refractivity contribution in [3.05, 3.63) is 130 Å². The highest BCUT2D eigenvalue weighted by atomic mass is 35.5. The second-order valence-electron chi connectivity index (χ2n) is 9.26. The fraction of sp³-hybridized carbons (Fsp3) is 0.0909. The van der Waals surface area contributed by atoms with Crippen LogP contribution < -0.4 is 20.2 Å². The Hall–Kier alpha value is -5.42. The number of hydrazone groups is 1. The molecule has 0 aliphatic rings. The van der Waals surface area contributed by atoms with Crippen LogP contribution in [0.3, 0.4) is 0 Å². The minimum atomic E-state index is -4.59. The SMILES string of the molecule is CCOc1cc(C=NNC(=O)c2cccc(NC(=O)c3cccc(C(F)(F)F)c3)c2)ccc1OC(=O)/C=C/c1ccc(Cl)cc1. The van der Waals surface area contributed by atoms with Crippen molar-refractivity contribution in [3.63, 3.8) is 0 Å². The van der Waals surface area contributed by atoms with E-state index < -0.39 is 29.5 Å². The van der Waals surface area contributed by atoms with Crippen LogP contribution in [0.5, 0.6) is 11.5 Å².